The zero-order chi connectivity index (χ0) is 25.0. The summed E-state index contributed by atoms with van der Waals surface area (Å²) in [6, 6.07) is 2.03. The van der Waals surface area contributed by atoms with Gasteiger partial charge in [-0.2, -0.15) is 0 Å². The second-order valence-corrected chi connectivity index (χ2v) is 10.6. The summed E-state index contributed by atoms with van der Waals surface area (Å²) in [6.07, 6.45) is 1.38. The molecule has 9 nitrogen and oxygen atoms in total. The quantitative estimate of drug-likeness (QED) is 0.232. The molecular formula is C22H25N5O4S3. The molecule has 3 heterocycles. The Morgan fingerprint density at radius 2 is 2.06 bits per heavy atom. The first kappa shape index (κ1) is 25.7. The Morgan fingerprint density at radius 3 is 2.65 bits per heavy atom. The smallest absolute Gasteiger partial charge is 0.341 e. The molecule has 0 aliphatic heterocycles. The molecule has 0 atom stereocenters. The lowest BCUT2D eigenvalue weighted by Crippen LogP contribution is -2.18. The summed E-state index contributed by atoms with van der Waals surface area (Å²) < 4.78 is 7.17. The van der Waals surface area contributed by atoms with Crippen LogP contribution in [-0.2, 0) is 16.1 Å². The van der Waals surface area contributed by atoms with Gasteiger partial charge in [0.15, 0.2) is 11.0 Å². The van der Waals surface area contributed by atoms with Crippen LogP contribution in [0.1, 0.15) is 44.3 Å². The van der Waals surface area contributed by atoms with Crippen molar-refractivity contribution in [2.24, 2.45) is 5.73 Å². The number of thioether (sulfide) groups is 1. The maximum atomic E-state index is 12.8. The minimum atomic E-state index is -0.676. The first-order valence-corrected chi connectivity index (χ1v) is 13.0. The molecule has 0 aliphatic rings. The van der Waals surface area contributed by atoms with E-state index in [2.05, 4.69) is 22.1 Å². The molecule has 0 unspecified atom stereocenters. The number of hydrogen-bond acceptors (Lipinski definition) is 9. The van der Waals surface area contributed by atoms with Crippen LogP contribution in [0.5, 0.6) is 0 Å². The van der Waals surface area contributed by atoms with Crippen LogP contribution in [0.15, 0.2) is 29.3 Å². The summed E-state index contributed by atoms with van der Waals surface area (Å²) in [5.74, 6) is -0.961. The summed E-state index contributed by atoms with van der Waals surface area (Å²) in [6.45, 7) is 11.3. The van der Waals surface area contributed by atoms with Gasteiger partial charge < -0.3 is 15.8 Å². The zero-order valence-corrected chi connectivity index (χ0v) is 21.7. The van der Waals surface area contributed by atoms with E-state index in [4.69, 9.17) is 10.5 Å². The molecule has 2 amide bonds. The third kappa shape index (κ3) is 5.75. The first-order valence-electron chi connectivity index (χ1n) is 10.3. The number of allylic oxidation sites excluding steroid dienone is 1. The Kier molecular flexibility index (Phi) is 8.28. The molecule has 3 aromatic rings. The fraction of sp³-hybridized carbons (Fsp3) is 0.318. The SMILES string of the molecule is C=CCn1c(SCC(=O)Nc2sc(C(N)=O)c(C)c2C(=O)OC(C)C)nnc1-c1csc(C)c1. The third-order valence-corrected chi connectivity index (χ3v) is 7.57. The number of ether oxygens (including phenoxy) is 1. The maximum absolute atomic E-state index is 12.8. The predicted octanol–water partition coefficient (Wildman–Crippen LogP) is 4.27. The Hall–Kier alpha value is -2.96. The summed E-state index contributed by atoms with van der Waals surface area (Å²) in [5.41, 5.74) is 6.91. The van der Waals surface area contributed by atoms with Crippen molar-refractivity contribution >= 4 is 57.2 Å². The standard InChI is InChI=1S/C22H25N5O4S3/c1-6-7-27-19(14-8-12(4)32-9-14)25-26-22(27)33-10-15(28)24-20-16(21(30)31-11(2)3)13(5)17(34-20)18(23)29/h6,8-9,11H,1,7,10H2,2-5H3,(H2,23,29)(H,24,28). The molecule has 0 spiro atoms. The lowest BCUT2D eigenvalue weighted by molar-refractivity contribution is -0.113. The number of carbonyl (C=O) groups excluding carboxylic acids is 3. The van der Waals surface area contributed by atoms with Gasteiger partial charge >= 0.3 is 5.97 Å². The molecule has 0 aliphatic carbocycles. The van der Waals surface area contributed by atoms with Crippen LogP contribution in [0.3, 0.4) is 0 Å². The summed E-state index contributed by atoms with van der Waals surface area (Å²) in [4.78, 5) is 38.5. The van der Waals surface area contributed by atoms with Gasteiger partial charge in [0.05, 0.1) is 22.3 Å². The summed E-state index contributed by atoms with van der Waals surface area (Å²) in [7, 11) is 0. The van der Waals surface area contributed by atoms with E-state index in [1.54, 1.807) is 38.2 Å². The molecule has 0 radical (unpaired) electrons. The van der Waals surface area contributed by atoms with Crippen molar-refractivity contribution < 1.29 is 19.1 Å². The van der Waals surface area contributed by atoms with Crippen molar-refractivity contribution in [3.8, 4) is 11.4 Å². The van der Waals surface area contributed by atoms with Crippen molar-refractivity contribution in [3.63, 3.8) is 0 Å². The van der Waals surface area contributed by atoms with Gasteiger partial charge in [-0.05, 0) is 39.3 Å². The van der Waals surface area contributed by atoms with Crippen molar-refractivity contribution in [1.82, 2.24) is 14.8 Å². The van der Waals surface area contributed by atoms with Crippen molar-refractivity contribution in [2.45, 2.75) is 45.5 Å². The molecule has 3 rings (SSSR count). The van der Waals surface area contributed by atoms with Gasteiger partial charge in [-0.25, -0.2) is 4.79 Å². The molecule has 0 saturated heterocycles. The van der Waals surface area contributed by atoms with Crippen LogP contribution in [0.2, 0.25) is 0 Å². The van der Waals surface area contributed by atoms with Gasteiger partial charge in [0.25, 0.3) is 5.91 Å². The number of primary amides is 1. The average molecular weight is 520 g/mol. The molecule has 3 N–H and O–H groups in total. The molecule has 0 saturated carbocycles. The molecule has 0 bridgehead atoms. The van der Waals surface area contributed by atoms with Crippen molar-refractivity contribution in [2.75, 3.05) is 11.1 Å². The molecule has 0 aromatic carbocycles. The van der Waals surface area contributed by atoms with Crippen LogP contribution in [0.4, 0.5) is 5.00 Å². The van der Waals surface area contributed by atoms with E-state index in [0.717, 1.165) is 21.8 Å². The van der Waals surface area contributed by atoms with E-state index in [-0.39, 0.29) is 33.2 Å². The van der Waals surface area contributed by atoms with Gasteiger partial charge in [-0.15, -0.1) is 39.4 Å². The van der Waals surface area contributed by atoms with Crippen LogP contribution in [0.25, 0.3) is 11.4 Å². The predicted molar refractivity (Wildman–Crippen MR) is 136 cm³/mol. The molecule has 0 fully saturated rings. The van der Waals surface area contributed by atoms with Crippen LogP contribution in [0, 0.1) is 13.8 Å². The lowest BCUT2D eigenvalue weighted by atomic mass is 10.1. The van der Waals surface area contributed by atoms with Crippen LogP contribution in [-0.4, -0.2) is 44.4 Å². The summed E-state index contributed by atoms with van der Waals surface area (Å²) in [5, 5.41) is 14.0. The molecule has 34 heavy (non-hydrogen) atoms. The topological polar surface area (TPSA) is 129 Å². The van der Waals surface area contributed by atoms with Gasteiger partial charge in [0.2, 0.25) is 5.91 Å². The van der Waals surface area contributed by atoms with Crippen LogP contribution < -0.4 is 11.1 Å². The number of hydrogen-bond donors (Lipinski definition) is 2. The number of aromatic nitrogens is 3. The molecule has 180 valence electrons. The highest BCUT2D eigenvalue weighted by atomic mass is 32.2. The number of esters is 1. The Bertz CT molecular complexity index is 1240. The Balaban J connectivity index is 1.79. The fourth-order valence-electron chi connectivity index (χ4n) is 3.11. The van der Waals surface area contributed by atoms with Gasteiger partial charge in [-0.1, -0.05) is 17.8 Å². The van der Waals surface area contributed by atoms with E-state index in [1.165, 1.54) is 11.8 Å². The highest BCUT2D eigenvalue weighted by Gasteiger charge is 2.26. The third-order valence-electron chi connectivity index (χ3n) is 4.52. The number of nitrogens with zero attached hydrogens (tertiary/aromatic N) is 3. The zero-order valence-electron chi connectivity index (χ0n) is 19.2. The fourth-order valence-corrected chi connectivity index (χ4v) is 5.60. The average Bonchev–Trinajstić information content (AvgIpc) is 3.43. The van der Waals surface area contributed by atoms with Crippen molar-refractivity contribution in [1.29, 1.82) is 0 Å². The van der Waals surface area contributed by atoms with Crippen molar-refractivity contribution in [3.05, 3.63) is 45.0 Å². The number of amides is 2. The minimum Gasteiger partial charge on any atom is -0.459 e. The normalized spacial score (nSPS) is 11.0. The van der Waals surface area contributed by atoms with Gasteiger partial charge in [0, 0.05) is 22.4 Å². The lowest BCUT2D eigenvalue weighted by Gasteiger charge is -2.10. The minimum absolute atomic E-state index is 0.0134. The first-order chi connectivity index (χ1) is 16.1. The Morgan fingerprint density at radius 1 is 1.32 bits per heavy atom. The number of carbonyl (C=O) groups is 3. The monoisotopic (exact) mass is 519 g/mol. The Labute approximate surface area is 209 Å². The van der Waals surface area contributed by atoms with Gasteiger partial charge in [-0.3, -0.25) is 14.2 Å². The number of nitrogens with one attached hydrogen (secondary N) is 1. The van der Waals surface area contributed by atoms with E-state index in [0.29, 0.717) is 23.1 Å². The number of thiophene rings is 2. The number of aryl methyl sites for hydroxylation is 1. The van der Waals surface area contributed by atoms with E-state index in [1.807, 2.05) is 22.9 Å². The van der Waals surface area contributed by atoms with Gasteiger partial charge in [0.1, 0.15) is 5.00 Å². The number of nitrogens with two attached hydrogens (primary N) is 1. The number of anilines is 1. The largest absolute Gasteiger partial charge is 0.459 e. The molecule has 3 aromatic heterocycles. The molecule has 12 heteroatoms. The number of rotatable bonds is 10. The molecular weight excluding hydrogens is 494 g/mol. The second-order valence-electron chi connectivity index (χ2n) is 7.57. The summed E-state index contributed by atoms with van der Waals surface area (Å²) >= 11 is 3.78. The van der Waals surface area contributed by atoms with E-state index >= 15 is 0 Å². The van der Waals surface area contributed by atoms with Crippen LogP contribution >= 0.6 is 34.4 Å². The second kappa shape index (κ2) is 11.0. The highest BCUT2D eigenvalue weighted by Crippen LogP contribution is 2.34. The highest BCUT2D eigenvalue weighted by molar-refractivity contribution is 7.99. The van der Waals surface area contributed by atoms with E-state index < -0.39 is 11.9 Å². The maximum Gasteiger partial charge on any atom is 0.341 e. The van der Waals surface area contributed by atoms with E-state index in [9.17, 15) is 14.4 Å².